The minimum atomic E-state index is -0.0600. The summed E-state index contributed by atoms with van der Waals surface area (Å²) in [7, 11) is 0. The molecule has 2 aliphatic rings. The van der Waals surface area contributed by atoms with E-state index >= 15 is 0 Å². The van der Waals surface area contributed by atoms with Crippen molar-refractivity contribution in [2.75, 3.05) is 25.0 Å². The van der Waals surface area contributed by atoms with E-state index in [9.17, 15) is 9.59 Å². The third-order valence-corrected chi connectivity index (χ3v) is 5.59. The highest BCUT2D eigenvalue weighted by atomic mass is 35.5. The van der Waals surface area contributed by atoms with Crippen molar-refractivity contribution < 1.29 is 14.3 Å². The van der Waals surface area contributed by atoms with Gasteiger partial charge >= 0.3 is 0 Å². The van der Waals surface area contributed by atoms with Crippen LogP contribution in [0.2, 0.25) is 5.02 Å². The molecule has 1 saturated heterocycles. The Hall–Kier alpha value is -1.75. The molecule has 0 radical (unpaired) electrons. The maximum absolute atomic E-state index is 12.5. The van der Waals surface area contributed by atoms with Gasteiger partial charge in [-0.25, -0.2) is 0 Å². The minimum absolute atomic E-state index is 0.000892. The number of hydrogen-bond acceptors (Lipinski definition) is 3. The van der Waals surface area contributed by atoms with Crippen LogP contribution in [0.25, 0.3) is 0 Å². The lowest BCUT2D eigenvalue weighted by Gasteiger charge is -2.36. The lowest BCUT2D eigenvalue weighted by Crippen LogP contribution is -2.45. The number of likely N-dealkylation sites (tertiary alicyclic amines) is 1. The third kappa shape index (κ3) is 4.50. The highest BCUT2D eigenvalue weighted by Gasteiger charge is 2.33. The van der Waals surface area contributed by atoms with E-state index in [1.54, 1.807) is 12.1 Å². The summed E-state index contributed by atoms with van der Waals surface area (Å²) < 4.78 is 5.55. The Morgan fingerprint density at radius 3 is 2.50 bits per heavy atom. The van der Waals surface area contributed by atoms with Gasteiger partial charge in [-0.1, -0.05) is 24.9 Å². The first-order chi connectivity index (χ1) is 12.6. The monoisotopic (exact) mass is 378 g/mol. The second-order valence-electron chi connectivity index (χ2n) is 7.21. The van der Waals surface area contributed by atoms with E-state index in [1.807, 2.05) is 17.9 Å². The molecule has 0 atom stereocenters. The molecule has 3 rings (SSSR count). The quantitative estimate of drug-likeness (QED) is 0.810. The van der Waals surface area contributed by atoms with Crippen LogP contribution in [0.3, 0.4) is 0 Å². The van der Waals surface area contributed by atoms with Gasteiger partial charge in [0.05, 0.1) is 11.6 Å². The lowest BCUT2D eigenvalue weighted by molar-refractivity contribution is -0.140. The van der Waals surface area contributed by atoms with Crippen LogP contribution in [0.15, 0.2) is 18.2 Å². The number of piperidine rings is 1. The fraction of sp³-hybridized carbons (Fsp3) is 0.600. The van der Waals surface area contributed by atoms with E-state index in [4.69, 9.17) is 16.3 Å². The first-order valence-electron chi connectivity index (χ1n) is 9.60. The van der Waals surface area contributed by atoms with Crippen LogP contribution < -0.4 is 10.1 Å². The molecule has 2 fully saturated rings. The second-order valence-corrected chi connectivity index (χ2v) is 7.62. The van der Waals surface area contributed by atoms with Crippen LogP contribution in [0, 0.1) is 11.8 Å². The Kier molecular flexibility index (Phi) is 6.41. The topological polar surface area (TPSA) is 58.6 Å². The van der Waals surface area contributed by atoms with Gasteiger partial charge < -0.3 is 15.0 Å². The summed E-state index contributed by atoms with van der Waals surface area (Å²) in [6.07, 6.45) is 5.57. The molecule has 0 bridgehead atoms. The Morgan fingerprint density at radius 2 is 1.92 bits per heavy atom. The van der Waals surface area contributed by atoms with Gasteiger partial charge in [-0.15, -0.1) is 0 Å². The van der Waals surface area contributed by atoms with Crippen LogP contribution in [0.1, 0.15) is 45.4 Å². The van der Waals surface area contributed by atoms with Gasteiger partial charge in [0.15, 0.2) is 0 Å². The molecule has 0 aromatic heterocycles. The first kappa shape index (κ1) is 19.0. The molecule has 1 aliphatic carbocycles. The van der Waals surface area contributed by atoms with Crippen molar-refractivity contribution in [1.82, 2.24) is 4.90 Å². The maximum atomic E-state index is 12.5. The van der Waals surface area contributed by atoms with Crippen molar-refractivity contribution in [3.63, 3.8) is 0 Å². The molecule has 2 amide bonds. The van der Waals surface area contributed by atoms with Crippen molar-refractivity contribution in [2.45, 2.75) is 45.4 Å². The Labute approximate surface area is 160 Å². The van der Waals surface area contributed by atoms with E-state index in [1.165, 1.54) is 6.42 Å². The number of ether oxygens (including phenoxy) is 1. The molecule has 1 aliphatic heterocycles. The number of carbonyl (C=O) groups is 2. The van der Waals surface area contributed by atoms with Crippen LogP contribution in [-0.2, 0) is 9.59 Å². The van der Waals surface area contributed by atoms with Gasteiger partial charge in [0.25, 0.3) is 0 Å². The lowest BCUT2D eigenvalue weighted by atomic mass is 9.83. The third-order valence-electron chi connectivity index (χ3n) is 5.29. The zero-order valence-electron chi connectivity index (χ0n) is 15.3. The molecule has 6 heteroatoms. The van der Waals surface area contributed by atoms with Gasteiger partial charge in [0.2, 0.25) is 11.8 Å². The highest BCUT2D eigenvalue weighted by Crippen LogP contribution is 2.31. The van der Waals surface area contributed by atoms with Crippen molar-refractivity contribution >= 4 is 29.1 Å². The normalized spacial score (nSPS) is 18.3. The predicted octanol–water partition coefficient (Wildman–Crippen LogP) is 4.11. The SMILES string of the molecule is CCCOc1ccc(NC(=O)C2CCN(C(=O)C3CCC3)CC2)cc1Cl. The first-order valence-corrected chi connectivity index (χ1v) is 9.98. The number of rotatable bonds is 6. The van der Waals surface area contributed by atoms with Gasteiger partial charge in [-0.2, -0.15) is 0 Å². The number of nitrogens with zero attached hydrogens (tertiary/aromatic N) is 1. The van der Waals surface area contributed by atoms with Gasteiger partial charge in [-0.05, 0) is 50.3 Å². The van der Waals surface area contributed by atoms with Crippen molar-refractivity contribution in [1.29, 1.82) is 0 Å². The molecule has 1 aromatic rings. The van der Waals surface area contributed by atoms with Gasteiger partial charge in [0, 0.05) is 30.6 Å². The van der Waals surface area contributed by atoms with E-state index in [0.717, 1.165) is 32.1 Å². The highest BCUT2D eigenvalue weighted by molar-refractivity contribution is 6.32. The number of nitrogens with one attached hydrogen (secondary N) is 1. The standard InChI is InChI=1S/C20H27ClN2O3/c1-2-12-26-18-7-6-16(13-17(18)21)22-19(24)14-8-10-23(11-9-14)20(25)15-4-3-5-15/h6-7,13-15H,2-5,8-12H2,1H3,(H,22,24). The van der Waals surface area contributed by atoms with Gasteiger partial charge in [0.1, 0.15) is 5.75 Å². The van der Waals surface area contributed by atoms with Gasteiger partial charge in [-0.3, -0.25) is 9.59 Å². The molecular formula is C20H27ClN2O3. The molecule has 1 aromatic carbocycles. The van der Waals surface area contributed by atoms with Crippen molar-refractivity contribution in [3.8, 4) is 5.75 Å². The Balaban J connectivity index is 1.49. The number of carbonyl (C=O) groups excluding carboxylic acids is 2. The largest absolute Gasteiger partial charge is 0.492 e. The fourth-order valence-corrected chi connectivity index (χ4v) is 3.66. The summed E-state index contributed by atoms with van der Waals surface area (Å²) in [5.74, 6) is 1.09. The Morgan fingerprint density at radius 1 is 1.19 bits per heavy atom. The average Bonchev–Trinajstić information content (AvgIpc) is 2.59. The molecule has 1 heterocycles. The summed E-state index contributed by atoms with van der Waals surface area (Å²) in [6.45, 7) is 4.01. The number of benzene rings is 1. The predicted molar refractivity (Wildman–Crippen MR) is 103 cm³/mol. The van der Waals surface area contributed by atoms with E-state index in [2.05, 4.69) is 5.32 Å². The molecule has 1 N–H and O–H groups in total. The number of halogens is 1. The van der Waals surface area contributed by atoms with E-state index in [-0.39, 0.29) is 23.7 Å². The summed E-state index contributed by atoms with van der Waals surface area (Å²) >= 11 is 6.22. The zero-order valence-corrected chi connectivity index (χ0v) is 16.1. The fourth-order valence-electron chi connectivity index (χ4n) is 3.43. The summed E-state index contributed by atoms with van der Waals surface area (Å²) in [5.41, 5.74) is 0.678. The number of anilines is 1. The average molecular weight is 379 g/mol. The molecule has 5 nitrogen and oxygen atoms in total. The van der Waals surface area contributed by atoms with Crippen molar-refractivity contribution in [2.24, 2.45) is 11.8 Å². The van der Waals surface area contributed by atoms with Crippen LogP contribution >= 0.6 is 11.6 Å². The molecule has 1 saturated carbocycles. The molecule has 142 valence electrons. The summed E-state index contributed by atoms with van der Waals surface area (Å²) in [5, 5.41) is 3.44. The number of hydrogen-bond donors (Lipinski definition) is 1. The minimum Gasteiger partial charge on any atom is -0.492 e. The summed E-state index contributed by atoms with van der Waals surface area (Å²) in [6, 6.07) is 5.32. The van der Waals surface area contributed by atoms with Crippen LogP contribution in [0.4, 0.5) is 5.69 Å². The summed E-state index contributed by atoms with van der Waals surface area (Å²) in [4.78, 5) is 26.8. The molecule has 0 unspecified atom stereocenters. The zero-order chi connectivity index (χ0) is 18.5. The second kappa shape index (κ2) is 8.76. The maximum Gasteiger partial charge on any atom is 0.227 e. The smallest absolute Gasteiger partial charge is 0.227 e. The molecule has 26 heavy (non-hydrogen) atoms. The number of amides is 2. The Bertz CT molecular complexity index is 652. The van der Waals surface area contributed by atoms with Crippen LogP contribution in [0.5, 0.6) is 5.75 Å². The van der Waals surface area contributed by atoms with Crippen molar-refractivity contribution in [3.05, 3.63) is 23.2 Å². The van der Waals surface area contributed by atoms with E-state index < -0.39 is 0 Å². The molecule has 0 spiro atoms. The van der Waals surface area contributed by atoms with E-state index in [0.29, 0.717) is 36.2 Å². The van der Waals surface area contributed by atoms with Crippen LogP contribution in [-0.4, -0.2) is 36.4 Å². The molecular weight excluding hydrogens is 352 g/mol.